The molecule has 0 saturated carbocycles. The van der Waals surface area contributed by atoms with Crippen molar-refractivity contribution in [3.05, 3.63) is 286 Å². The molecule has 2 aromatic heterocycles. The third kappa shape index (κ3) is 20.0. The molecule has 10 aromatic rings. The number of anilines is 2. The molecule has 0 bridgehead atoms. The van der Waals surface area contributed by atoms with Crippen LogP contribution in [-0.4, -0.2) is 129 Å². The number of hydrogen-bond acceptors (Lipinski definition) is 12. The lowest BCUT2D eigenvalue weighted by atomic mass is 9.86. The van der Waals surface area contributed by atoms with E-state index in [1.807, 2.05) is 84.0 Å². The standard InChI is InChI=1S/C43H44FN5O5.C42H42FN5O5/c1-43(2,3)54-42(53)49-24-22-29(23-25-49)34-12-8-9-13-35(34)40(51)46-37-21-17-31-26-32(16-20-36(31)45-37)39(50)47-38(30-10-6-5-7-11-30)41(52)48(4)27-28-14-18-33(44)19-15-28;1-42(2,3)53-41(52)48-23-22-31(26-48)33-12-8-9-13-34(33)39(50)45-36-21-17-29-24-30(16-20-35(29)44-36)38(49)46-37(28-10-6-5-7-11-28)40(51)47(4)25-27-14-18-32(43)19-15-27/h5-21,26,29,38H,22-25,27H2,1-4H3,(H,47,50)(H,45,46,51);5-21,24,31,37H,22-23,25-26H2,1-4H3,(H,46,49)(H,44,45,50)/t38-;31?,37-/m00/s1. The maximum absolute atomic E-state index is 13.7. The van der Waals surface area contributed by atoms with Crippen LogP contribution in [0.4, 0.5) is 30.0 Å². The highest BCUT2D eigenvalue weighted by atomic mass is 19.1. The number of nitrogens with zero attached hydrogens (tertiary/aromatic N) is 6. The number of pyridine rings is 2. The fourth-order valence-corrected chi connectivity index (χ4v) is 13.0. The number of piperidine rings is 1. The highest BCUT2D eigenvalue weighted by Gasteiger charge is 2.35. The molecular weight excluding hydrogens is 1360 g/mol. The van der Waals surface area contributed by atoms with Crippen LogP contribution in [0, 0.1) is 11.6 Å². The van der Waals surface area contributed by atoms with E-state index in [4.69, 9.17) is 9.47 Å². The summed E-state index contributed by atoms with van der Waals surface area (Å²) in [6, 6.07) is 59.7. The molecule has 0 spiro atoms. The minimum atomic E-state index is -0.965. The Kier molecular flexibility index (Phi) is 23.9. The molecule has 550 valence electrons. The quantitative estimate of drug-likeness (QED) is 0.0627. The van der Waals surface area contributed by atoms with E-state index in [0.717, 1.165) is 22.3 Å². The first kappa shape index (κ1) is 75.9. The molecule has 0 aliphatic carbocycles. The fourth-order valence-electron chi connectivity index (χ4n) is 13.0. The number of likely N-dealkylation sites (N-methyl/N-ethyl adjacent to an activating group) is 2. The number of benzene rings is 8. The Morgan fingerprint density at radius 1 is 0.449 bits per heavy atom. The van der Waals surface area contributed by atoms with Gasteiger partial charge in [-0.05, 0) is 197 Å². The van der Waals surface area contributed by atoms with Crippen LogP contribution in [0.2, 0.25) is 0 Å². The highest BCUT2D eigenvalue weighted by molar-refractivity contribution is 6.07. The van der Waals surface area contributed by atoms with Crippen LogP contribution in [0.15, 0.2) is 218 Å². The van der Waals surface area contributed by atoms with E-state index in [9.17, 15) is 47.1 Å². The summed E-state index contributed by atoms with van der Waals surface area (Å²) < 4.78 is 38.0. The topological polar surface area (TPSA) is 242 Å². The number of rotatable bonds is 18. The Labute approximate surface area is 620 Å². The van der Waals surface area contributed by atoms with Crippen LogP contribution in [0.1, 0.15) is 160 Å². The third-order valence-electron chi connectivity index (χ3n) is 18.4. The summed E-state index contributed by atoms with van der Waals surface area (Å²) in [5.41, 5.74) is 6.21. The lowest BCUT2D eigenvalue weighted by Gasteiger charge is -2.34. The molecule has 4 N–H and O–H groups in total. The molecule has 1 unspecified atom stereocenters. The van der Waals surface area contributed by atoms with Gasteiger partial charge in [-0.2, -0.15) is 0 Å². The first-order valence-corrected chi connectivity index (χ1v) is 35.5. The SMILES string of the molecule is CN(Cc1ccc(F)cc1)C(=O)[C@@H](NC(=O)c1ccc2nc(NC(=O)c3ccccc3C3CCN(C(=O)OC(C)(C)C)C3)ccc2c1)c1ccccc1.CN(Cc1ccc(F)cc1)C(=O)[C@@H](NC(=O)c1ccc2nc(NC(=O)c3ccccc3C3CCN(C(=O)OC(C)(C)C)CC3)ccc2c1)c1ccccc1. The molecule has 2 fully saturated rings. The van der Waals surface area contributed by atoms with Gasteiger partial charge in [0.05, 0.1) is 11.0 Å². The van der Waals surface area contributed by atoms with E-state index in [1.165, 1.54) is 34.1 Å². The summed E-state index contributed by atoms with van der Waals surface area (Å²) in [5.74, 6) is -2.09. The zero-order valence-electron chi connectivity index (χ0n) is 61.0. The first-order valence-electron chi connectivity index (χ1n) is 35.5. The molecule has 0 radical (unpaired) electrons. The second-order valence-electron chi connectivity index (χ2n) is 28.7. The molecular formula is C85H86F2N10O10. The number of amides is 8. The van der Waals surface area contributed by atoms with Gasteiger partial charge < -0.3 is 50.3 Å². The highest BCUT2D eigenvalue weighted by Crippen LogP contribution is 2.34. The summed E-state index contributed by atoms with van der Waals surface area (Å²) >= 11 is 0. The molecule has 8 aromatic carbocycles. The number of hydrogen-bond donors (Lipinski definition) is 4. The lowest BCUT2D eigenvalue weighted by molar-refractivity contribution is -0.133. The van der Waals surface area contributed by atoms with Crippen molar-refractivity contribution in [3.8, 4) is 0 Å². The average molecular weight is 1450 g/mol. The number of likely N-dealkylation sites (tertiary alicyclic amines) is 2. The lowest BCUT2D eigenvalue weighted by Crippen LogP contribution is -2.41. The molecule has 2 saturated heterocycles. The van der Waals surface area contributed by atoms with Crippen molar-refractivity contribution in [2.24, 2.45) is 0 Å². The second-order valence-corrected chi connectivity index (χ2v) is 28.7. The number of ether oxygens (including phenoxy) is 2. The van der Waals surface area contributed by atoms with Crippen LogP contribution in [0.25, 0.3) is 21.8 Å². The van der Waals surface area contributed by atoms with Crippen LogP contribution in [0.3, 0.4) is 0 Å². The van der Waals surface area contributed by atoms with Gasteiger partial charge >= 0.3 is 12.2 Å². The van der Waals surface area contributed by atoms with Gasteiger partial charge in [0.15, 0.2) is 0 Å². The normalized spacial score (nSPS) is 14.3. The van der Waals surface area contributed by atoms with Gasteiger partial charge in [0, 0.05) is 92.3 Å². The maximum atomic E-state index is 13.7. The minimum Gasteiger partial charge on any atom is -0.444 e. The fraction of sp³-hybridized carbons (Fsp3) is 0.271. The van der Waals surface area contributed by atoms with E-state index >= 15 is 0 Å². The maximum Gasteiger partial charge on any atom is 0.410 e. The number of carbonyl (C=O) groups excluding carboxylic acids is 8. The summed E-state index contributed by atoms with van der Waals surface area (Å²) in [5, 5.41) is 13.0. The van der Waals surface area contributed by atoms with Gasteiger partial charge in [-0.25, -0.2) is 28.3 Å². The Balaban J connectivity index is 0.000000213. The summed E-state index contributed by atoms with van der Waals surface area (Å²) in [6.45, 7) is 13.6. The van der Waals surface area contributed by atoms with E-state index < -0.39 is 35.1 Å². The number of nitrogens with one attached hydrogen (secondary N) is 4. The van der Waals surface area contributed by atoms with E-state index in [1.54, 1.807) is 176 Å². The van der Waals surface area contributed by atoms with Gasteiger partial charge in [-0.3, -0.25) is 28.8 Å². The van der Waals surface area contributed by atoms with E-state index in [-0.39, 0.29) is 72.4 Å². The minimum absolute atomic E-state index is 0.0226. The Hall–Kier alpha value is -12.2. The molecule has 4 heterocycles. The van der Waals surface area contributed by atoms with Crippen molar-refractivity contribution in [3.63, 3.8) is 0 Å². The van der Waals surface area contributed by atoms with Crippen molar-refractivity contribution < 1.29 is 56.6 Å². The van der Waals surface area contributed by atoms with Crippen LogP contribution in [0.5, 0.6) is 0 Å². The predicted octanol–water partition coefficient (Wildman–Crippen LogP) is 15.4. The number of carbonyl (C=O) groups is 8. The van der Waals surface area contributed by atoms with Crippen molar-refractivity contribution in [2.45, 2.75) is 109 Å². The van der Waals surface area contributed by atoms with Gasteiger partial charge in [0.25, 0.3) is 23.6 Å². The molecule has 107 heavy (non-hydrogen) atoms. The first-order chi connectivity index (χ1) is 51.2. The third-order valence-corrected chi connectivity index (χ3v) is 18.4. The summed E-state index contributed by atoms with van der Waals surface area (Å²) in [4.78, 5) is 123. The summed E-state index contributed by atoms with van der Waals surface area (Å²) in [7, 11) is 3.28. The predicted molar refractivity (Wildman–Crippen MR) is 406 cm³/mol. The zero-order valence-corrected chi connectivity index (χ0v) is 61.0. The Bertz CT molecular complexity index is 4890. The molecule has 22 heteroatoms. The van der Waals surface area contributed by atoms with Crippen molar-refractivity contribution in [1.29, 1.82) is 0 Å². The van der Waals surface area contributed by atoms with Crippen molar-refractivity contribution >= 4 is 81.1 Å². The molecule has 8 amide bonds. The van der Waals surface area contributed by atoms with Crippen molar-refractivity contribution in [1.82, 2.24) is 40.2 Å². The van der Waals surface area contributed by atoms with Crippen molar-refractivity contribution in [2.75, 3.05) is 50.9 Å². The molecule has 2 aliphatic heterocycles. The summed E-state index contributed by atoms with van der Waals surface area (Å²) in [6.07, 6.45) is 1.44. The van der Waals surface area contributed by atoms with E-state index in [0.29, 0.717) is 112 Å². The average Bonchev–Trinajstić information content (AvgIpc) is 1.68. The van der Waals surface area contributed by atoms with Gasteiger partial charge in [0.1, 0.15) is 46.6 Å². The molecule has 12 rings (SSSR count). The molecule has 2 aliphatic rings. The molecule has 20 nitrogen and oxygen atoms in total. The Morgan fingerprint density at radius 3 is 1.24 bits per heavy atom. The monoisotopic (exact) mass is 1440 g/mol. The van der Waals surface area contributed by atoms with Gasteiger partial charge in [-0.1, -0.05) is 121 Å². The van der Waals surface area contributed by atoms with Gasteiger partial charge in [-0.15, -0.1) is 0 Å². The van der Waals surface area contributed by atoms with Crippen LogP contribution in [-0.2, 0) is 32.2 Å². The Morgan fingerprint density at radius 2 is 0.822 bits per heavy atom. The number of fused-ring (bicyclic) bond motifs is 2. The largest absolute Gasteiger partial charge is 0.444 e. The van der Waals surface area contributed by atoms with Gasteiger partial charge in [0.2, 0.25) is 11.8 Å². The van der Waals surface area contributed by atoms with E-state index in [2.05, 4.69) is 31.2 Å². The number of aromatic nitrogens is 2. The zero-order chi connectivity index (χ0) is 76.1. The second kappa shape index (κ2) is 33.7. The van der Waals surface area contributed by atoms with Crippen LogP contribution >= 0.6 is 0 Å². The number of halogens is 2. The van der Waals surface area contributed by atoms with Crippen LogP contribution < -0.4 is 21.3 Å². The molecule has 3 atom stereocenters. The smallest absolute Gasteiger partial charge is 0.410 e.